The Morgan fingerprint density at radius 1 is 0.964 bits per heavy atom. The van der Waals surface area contributed by atoms with E-state index in [1.807, 2.05) is 39.5 Å². The zero-order valence-electron chi connectivity index (χ0n) is 16.6. The Kier molecular flexibility index (Phi) is 5.62. The normalized spacial score (nSPS) is 19.0. The van der Waals surface area contributed by atoms with Gasteiger partial charge in [-0.25, -0.2) is 4.98 Å². The summed E-state index contributed by atoms with van der Waals surface area (Å²) < 4.78 is 1.89. The number of nitrogens with zero attached hydrogens (tertiary/aromatic N) is 5. The Morgan fingerprint density at radius 3 is 2.39 bits per heavy atom. The highest BCUT2D eigenvalue weighted by Crippen LogP contribution is 2.13. The molecule has 4 heterocycles. The molecule has 0 radical (unpaired) electrons. The molecule has 7 nitrogen and oxygen atoms in total. The van der Waals surface area contributed by atoms with Gasteiger partial charge in [0.05, 0.1) is 6.54 Å². The third-order valence-corrected chi connectivity index (χ3v) is 5.81. The number of fused-ring (bicyclic) bond motifs is 1. The van der Waals surface area contributed by atoms with E-state index in [0.717, 1.165) is 50.2 Å². The largest absolute Gasteiger partial charge is 0.342 e. The summed E-state index contributed by atoms with van der Waals surface area (Å²) in [6.07, 6.45) is 8.42. The number of hydrogen-bond donors (Lipinski definition) is 0. The van der Waals surface area contributed by atoms with Crippen molar-refractivity contribution in [2.24, 2.45) is 0 Å². The van der Waals surface area contributed by atoms with Crippen molar-refractivity contribution >= 4 is 17.5 Å². The standard InChI is InChI=1S/C21H29N5O2/c1-17-6-9-26-15-18(22-19(26)14-17)21(28)25-12-10-23(11-13-25)16-20(27)24-7-4-2-3-5-8-24/h6,9,14-15H,2-5,7-8,10-13,16H2,1H3. The van der Waals surface area contributed by atoms with Crippen LogP contribution in [-0.4, -0.2) is 81.7 Å². The predicted octanol–water partition coefficient (Wildman–Crippen LogP) is 1.80. The van der Waals surface area contributed by atoms with Crippen molar-refractivity contribution in [2.45, 2.75) is 32.6 Å². The van der Waals surface area contributed by atoms with Crippen LogP contribution in [0.1, 0.15) is 41.7 Å². The lowest BCUT2D eigenvalue weighted by molar-refractivity contribution is -0.132. The van der Waals surface area contributed by atoms with Crippen molar-refractivity contribution in [3.8, 4) is 0 Å². The van der Waals surface area contributed by atoms with Gasteiger partial charge in [0.2, 0.25) is 5.91 Å². The Morgan fingerprint density at radius 2 is 1.68 bits per heavy atom. The number of piperazine rings is 1. The van der Waals surface area contributed by atoms with Crippen LogP contribution < -0.4 is 0 Å². The molecule has 28 heavy (non-hydrogen) atoms. The van der Waals surface area contributed by atoms with E-state index in [9.17, 15) is 9.59 Å². The predicted molar refractivity (Wildman–Crippen MR) is 107 cm³/mol. The van der Waals surface area contributed by atoms with E-state index in [1.165, 1.54) is 12.8 Å². The number of rotatable bonds is 3. The molecule has 2 aliphatic rings. The summed E-state index contributed by atoms with van der Waals surface area (Å²) in [7, 11) is 0. The van der Waals surface area contributed by atoms with Gasteiger partial charge < -0.3 is 14.2 Å². The van der Waals surface area contributed by atoms with Crippen molar-refractivity contribution in [2.75, 3.05) is 45.8 Å². The smallest absolute Gasteiger partial charge is 0.274 e. The Balaban J connectivity index is 1.31. The van der Waals surface area contributed by atoms with Crippen LogP contribution in [0.15, 0.2) is 24.5 Å². The SMILES string of the molecule is Cc1ccn2cc(C(=O)N3CCN(CC(=O)N4CCCCCC4)CC3)nc2c1. The highest BCUT2D eigenvalue weighted by molar-refractivity contribution is 5.93. The fraction of sp³-hybridized carbons (Fsp3) is 0.571. The molecular weight excluding hydrogens is 354 g/mol. The maximum absolute atomic E-state index is 12.8. The molecule has 0 aliphatic carbocycles. The van der Waals surface area contributed by atoms with Crippen molar-refractivity contribution < 1.29 is 9.59 Å². The maximum atomic E-state index is 12.8. The zero-order chi connectivity index (χ0) is 19.5. The van der Waals surface area contributed by atoms with Crippen molar-refractivity contribution in [3.63, 3.8) is 0 Å². The minimum atomic E-state index is -0.0279. The first kappa shape index (κ1) is 18.9. The molecule has 0 unspecified atom stereocenters. The fourth-order valence-corrected chi connectivity index (χ4v) is 4.07. The lowest BCUT2D eigenvalue weighted by Gasteiger charge is -2.35. The molecule has 0 saturated carbocycles. The number of aromatic nitrogens is 2. The molecule has 0 spiro atoms. The van der Waals surface area contributed by atoms with Gasteiger partial charge in [-0.05, 0) is 37.5 Å². The fourth-order valence-electron chi connectivity index (χ4n) is 4.07. The molecule has 4 rings (SSSR count). The molecule has 0 bridgehead atoms. The third-order valence-electron chi connectivity index (χ3n) is 5.81. The topological polar surface area (TPSA) is 61.2 Å². The second-order valence-corrected chi connectivity index (χ2v) is 7.96. The molecule has 150 valence electrons. The van der Waals surface area contributed by atoms with E-state index in [2.05, 4.69) is 9.88 Å². The van der Waals surface area contributed by atoms with Crippen LogP contribution in [0.2, 0.25) is 0 Å². The van der Waals surface area contributed by atoms with Gasteiger partial charge in [0, 0.05) is 51.7 Å². The summed E-state index contributed by atoms with van der Waals surface area (Å²) in [5.74, 6) is 0.206. The van der Waals surface area contributed by atoms with Gasteiger partial charge in [-0.15, -0.1) is 0 Å². The van der Waals surface area contributed by atoms with E-state index >= 15 is 0 Å². The van der Waals surface area contributed by atoms with Crippen LogP contribution in [0, 0.1) is 6.92 Å². The summed E-state index contributed by atoms with van der Waals surface area (Å²) in [6, 6.07) is 3.98. The van der Waals surface area contributed by atoms with Crippen molar-refractivity contribution in [3.05, 3.63) is 35.8 Å². The summed E-state index contributed by atoms with van der Waals surface area (Å²) in [4.78, 5) is 35.9. The van der Waals surface area contributed by atoms with Gasteiger partial charge in [0.25, 0.3) is 5.91 Å². The summed E-state index contributed by atoms with van der Waals surface area (Å²) in [6.45, 7) is 7.01. The first-order valence-electron chi connectivity index (χ1n) is 10.3. The molecular formula is C21H29N5O2. The van der Waals surface area contributed by atoms with Gasteiger partial charge in [0.15, 0.2) is 0 Å². The molecule has 2 amide bonds. The summed E-state index contributed by atoms with van der Waals surface area (Å²) >= 11 is 0. The zero-order valence-corrected chi connectivity index (χ0v) is 16.6. The second-order valence-electron chi connectivity index (χ2n) is 7.96. The molecule has 0 N–H and O–H groups in total. The number of carbonyl (C=O) groups excluding carboxylic acids is 2. The first-order chi connectivity index (χ1) is 13.6. The highest BCUT2D eigenvalue weighted by atomic mass is 16.2. The Labute approximate surface area is 165 Å². The number of carbonyl (C=O) groups is 2. The van der Waals surface area contributed by atoms with E-state index in [0.29, 0.717) is 25.3 Å². The average Bonchev–Trinajstić information content (AvgIpc) is 2.92. The van der Waals surface area contributed by atoms with Gasteiger partial charge in [-0.2, -0.15) is 0 Å². The van der Waals surface area contributed by atoms with Gasteiger partial charge >= 0.3 is 0 Å². The summed E-state index contributed by atoms with van der Waals surface area (Å²) in [5.41, 5.74) is 2.41. The average molecular weight is 383 g/mol. The molecule has 2 aliphatic heterocycles. The molecule has 7 heteroatoms. The minimum Gasteiger partial charge on any atom is -0.342 e. The molecule has 0 atom stereocenters. The number of likely N-dealkylation sites (tertiary alicyclic amines) is 1. The van der Waals surface area contributed by atoms with E-state index in [1.54, 1.807) is 6.20 Å². The van der Waals surface area contributed by atoms with Crippen LogP contribution >= 0.6 is 0 Å². The molecule has 2 aromatic heterocycles. The monoisotopic (exact) mass is 383 g/mol. The number of aryl methyl sites for hydroxylation is 1. The number of amides is 2. The van der Waals surface area contributed by atoms with Crippen LogP contribution in [0.5, 0.6) is 0 Å². The maximum Gasteiger partial charge on any atom is 0.274 e. The van der Waals surface area contributed by atoms with Gasteiger partial charge in [0.1, 0.15) is 11.3 Å². The van der Waals surface area contributed by atoms with Gasteiger partial charge in [-0.3, -0.25) is 14.5 Å². The second kappa shape index (κ2) is 8.31. The molecule has 2 aromatic rings. The molecule has 2 saturated heterocycles. The molecule has 0 aromatic carbocycles. The van der Waals surface area contributed by atoms with Crippen LogP contribution in [0.25, 0.3) is 5.65 Å². The van der Waals surface area contributed by atoms with E-state index in [4.69, 9.17) is 0 Å². The quantitative estimate of drug-likeness (QED) is 0.811. The number of hydrogen-bond acceptors (Lipinski definition) is 4. The van der Waals surface area contributed by atoms with E-state index < -0.39 is 0 Å². The molecule has 2 fully saturated rings. The lowest BCUT2D eigenvalue weighted by atomic mass is 10.2. The number of pyridine rings is 1. The van der Waals surface area contributed by atoms with E-state index in [-0.39, 0.29) is 11.8 Å². The first-order valence-corrected chi connectivity index (χ1v) is 10.3. The van der Waals surface area contributed by atoms with Crippen LogP contribution in [-0.2, 0) is 4.79 Å². The minimum absolute atomic E-state index is 0.0279. The number of imidazole rings is 1. The van der Waals surface area contributed by atoms with Crippen molar-refractivity contribution in [1.29, 1.82) is 0 Å². The summed E-state index contributed by atoms with van der Waals surface area (Å²) in [5, 5.41) is 0. The van der Waals surface area contributed by atoms with Crippen LogP contribution in [0.4, 0.5) is 0 Å². The highest BCUT2D eigenvalue weighted by Gasteiger charge is 2.26. The van der Waals surface area contributed by atoms with Gasteiger partial charge in [-0.1, -0.05) is 12.8 Å². The third kappa shape index (κ3) is 4.19. The van der Waals surface area contributed by atoms with Crippen molar-refractivity contribution in [1.82, 2.24) is 24.1 Å². The van der Waals surface area contributed by atoms with Crippen LogP contribution in [0.3, 0.4) is 0 Å². The Bertz CT molecular complexity index is 846. The lowest BCUT2D eigenvalue weighted by Crippen LogP contribution is -2.51. The Hall–Kier alpha value is -2.41.